The fourth-order valence-corrected chi connectivity index (χ4v) is 3.10. The summed E-state index contributed by atoms with van der Waals surface area (Å²) in [4.78, 5) is 10.8. The van der Waals surface area contributed by atoms with Crippen LogP contribution >= 0.6 is 17.1 Å². The van der Waals surface area contributed by atoms with Crippen LogP contribution in [-0.2, 0) is 25.6 Å². The van der Waals surface area contributed by atoms with Gasteiger partial charge in [-0.05, 0) is 11.8 Å². The molecule has 8 heteroatoms. The van der Waals surface area contributed by atoms with Crippen LogP contribution in [0.2, 0.25) is 0 Å². The molecule has 76 valence electrons. The van der Waals surface area contributed by atoms with Crippen molar-refractivity contribution >= 4 is 72.5 Å². The third kappa shape index (κ3) is 7.56. The van der Waals surface area contributed by atoms with Gasteiger partial charge in [-0.15, -0.1) is 0 Å². The maximum absolute atomic E-state index is 10.8. The summed E-state index contributed by atoms with van der Waals surface area (Å²) in [5.41, 5.74) is -2.26. The molecule has 0 spiro atoms. The standard InChI is InChI=1S/C5H12NO3PS2.Ca.2H/c1-6-5(7)4-12-10(11,8-2)9-3;;;/h4H2,1-3H3,(H,6,7);;;. The topological polar surface area (TPSA) is 47.6 Å². The Bertz CT molecular complexity index is 196. The average molecular weight is 271 g/mol. The molecule has 0 radical (unpaired) electrons. The van der Waals surface area contributed by atoms with Gasteiger partial charge in [-0.3, -0.25) is 4.79 Å². The fourth-order valence-electron chi connectivity index (χ4n) is 0.390. The third-order valence-corrected chi connectivity index (χ3v) is 6.76. The van der Waals surface area contributed by atoms with E-state index >= 15 is 0 Å². The zero-order chi connectivity index (χ0) is 9.61. The molecular weight excluding hydrogens is 257 g/mol. The van der Waals surface area contributed by atoms with Crippen molar-refractivity contribution in [3.05, 3.63) is 0 Å². The van der Waals surface area contributed by atoms with E-state index in [1.165, 1.54) is 25.6 Å². The van der Waals surface area contributed by atoms with E-state index in [9.17, 15) is 4.79 Å². The molecule has 0 unspecified atom stereocenters. The minimum absolute atomic E-state index is 0. The summed E-state index contributed by atoms with van der Waals surface area (Å²) in [7, 11) is 4.55. The van der Waals surface area contributed by atoms with Crippen LogP contribution in [0.4, 0.5) is 0 Å². The molecule has 0 aliphatic carbocycles. The summed E-state index contributed by atoms with van der Waals surface area (Å²) < 4.78 is 9.94. The molecule has 0 rings (SSSR count). The van der Waals surface area contributed by atoms with Crippen molar-refractivity contribution in [3.8, 4) is 0 Å². The van der Waals surface area contributed by atoms with Crippen LogP contribution in [0.25, 0.3) is 0 Å². The monoisotopic (exact) mass is 271 g/mol. The summed E-state index contributed by atoms with van der Waals surface area (Å²) in [5.74, 6) is 0.193. The zero-order valence-corrected chi connectivity index (χ0v) is 9.72. The van der Waals surface area contributed by atoms with Crippen LogP contribution in [0.3, 0.4) is 0 Å². The van der Waals surface area contributed by atoms with E-state index < -0.39 is 5.69 Å². The number of nitrogens with one attached hydrogen (secondary N) is 1. The van der Waals surface area contributed by atoms with Gasteiger partial charge in [0.2, 0.25) is 11.6 Å². The summed E-state index contributed by atoms with van der Waals surface area (Å²) >= 11 is 6.25. The molecule has 0 bridgehead atoms. The number of carbonyl (C=O) groups is 1. The second kappa shape index (κ2) is 8.92. The quantitative estimate of drug-likeness (QED) is 0.566. The van der Waals surface area contributed by atoms with Gasteiger partial charge in [0.15, 0.2) is 0 Å². The summed E-state index contributed by atoms with van der Waals surface area (Å²) in [5, 5.41) is 2.49. The van der Waals surface area contributed by atoms with Gasteiger partial charge in [0.25, 0.3) is 0 Å². The molecule has 0 aliphatic rings. The third-order valence-electron chi connectivity index (χ3n) is 1.08. The van der Waals surface area contributed by atoms with Crippen molar-refractivity contribution in [2.24, 2.45) is 0 Å². The maximum atomic E-state index is 10.8. The van der Waals surface area contributed by atoms with Gasteiger partial charge in [-0.2, -0.15) is 0 Å². The number of carbonyl (C=O) groups excluding carboxylic acids is 1. The van der Waals surface area contributed by atoms with E-state index in [4.69, 9.17) is 20.9 Å². The van der Waals surface area contributed by atoms with Gasteiger partial charge in [-0.1, -0.05) is 11.4 Å². The molecule has 0 aliphatic heterocycles. The van der Waals surface area contributed by atoms with Crippen molar-refractivity contribution < 1.29 is 13.8 Å². The van der Waals surface area contributed by atoms with Crippen molar-refractivity contribution in [3.63, 3.8) is 0 Å². The van der Waals surface area contributed by atoms with Crippen LogP contribution in [0.1, 0.15) is 0 Å². The number of hydrogen-bond donors (Lipinski definition) is 1. The second-order valence-electron chi connectivity index (χ2n) is 1.76. The SMILES string of the molecule is CNC(=O)CSP(=S)(OC)OC.[CaH2]. The Hall–Kier alpha value is 1.65. The van der Waals surface area contributed by atoms with Crippen LogP contribution in [-0.4, -0.2) is 70.7 Å². The predicted molar refractivity (Wildman–Crippen MR) is 63.4 cm³/mol. The van der Waals surface area contributed by atoms with E-state index in [1.54, 1.807) is 7.05 Å². The van der Waals surface area contributed by atoms with E-state index in [1.807, 2.05) is 0 Å². The molecule has 0 atom stereocenters. The Labute approximate surface area is 117 Å². The van der Waals surface area contributed by atoms with Crippen LogP contribution < -0.4 is 5.32 Å². The van der Waals surface area contributed by atoms with E-state index in [0.29, 0.717) is 0 Å². The zero-order valence-electron chi connectivity index (χ0n) is 7.20. The predicted octanol–water partition coefficient (Wildman–Crippen LogP) is 0.0667. The first-order valence-corrected chi connectivity index (χ1v) is 7.37. The van der Waals surface area contributed by atoms with Crippen LogP contribution in [0.15, 0.2) is 0 Å². The van der Waals surface area contributed by atoms with Crippen molar-refractivity contribution in [1.29, 1.82) is 0 Å². The van der Waals surface area contributed by atoms with E-state index in [0.717, 1.165) is 0 Å². The first kappa shape index (κ1) is 17.1. The molecule has 0 aromatic carbocycles. The fraction of sp³-hybridized carbons (Fsp3) is 0.800. The second-order valence-corrected chi connectivity index (χ2v) is 8.28. The molecule has 0 saturated heterocycles. The Kier molecular flexibility index (Phi) is 11.7. The molecule has 13 heavy (non-hydrogen) atoms. The van der Waals surface area contributed by atoms with Crippen molar-refractivity contribution in [2.45, 2.75) is 0 Å². The number of amides is 1. The molecule has 0 saturated carbocycles. The summed E-state index contributed by atoms with van der Waals surface area (Å²) in [6.07, 6.45) is 0. The molecule has 1 amide bonds. The Balaban J connectivity index is 0. The van der Waals surface area contributed by atoms with E-state index in [-0.39, 0.29) is 49.4 Å². The number of rotatable bonds is 5. The minimum atomic E-state index is -2.26. The van der Waals surface area contributed by atoms with E-state index in [2.05, 4.69) is 5.32 Å². The summed E-state index contributed by atoms with van der Waals surface area (Å²) in [6, 6.07) is 0. The van der Waals surface area contributed by atoms with Crippen LogP contribution in [0, 0.1) is 0 Å². The molecule has 0 aromatic heterocycles. The normalized spacial score (nSPS) is 10.4. The summed E-state index contributed by atoms with van der Waals surface area (Å²) in [6.45, 7) is 0. The molecule has 0 fully saturated rings. The molecule has 4 nitrogen and oxygen atoms in total. The number of hydrogen-bond acceptors (Lipinski definition) is 5. The molecule has 0 aromatic rings. The molecule has 1 N–H and O–H groups in total. The Morgan fingerprint density at radius 1 is 1.54 bits per heavy atom. The van der Waals surface area contributed by atoms with Gasteiger partial charge in [-0.25, -0.2) is 0 Å². The van der Waals surface area contributed by atoms with Gasteiger partial charge >= 0.3 is 37.7 Å². The van der Waals surface area contributed by atoms with Crippen LogP contribution in [0.5, 0.6) is 0 Å². The van der Waals surface area contributed by atoms with Gasteiger partial charge in [0.1, 0.15) is 0 Å². The molecular formula is C5H14CaNO3PS2. The van der Waals surface area contributed by atoms with Gasteiger partial charge in [0, 0.05) is 21.3 Å². The van der Waals surface area contributed by atoms with Gasteiger partial charge in [0.05, 0.1) is 5.75 Å². The first-order chi connectivity index (χ1) is 5.58. The van der Waals surface area contributed by atoms with Gasteiger partial charge < -0.3 is 14.4 Å². The average Bonchev–Trinajstić information content (AvgIpc) is 2.13. The Morgan fingerprint density at radius 2 is 2.00 bits per heavy atom. The first-order valence-electron chi connectivity index (χ1n) is 3.14. The Morgan fingerprint density at radius 3 is 2.31 bits per heavy atom. The molecule has 0 heterocycles. The van der Waals surface area contributed by atoms with Crippen molar-refractivity contribution in [2.75, 3.05) is 27.0 Å². The van der Waals surface area contributed by atoms with Crippen molar-refractivity contribution in [1.82, 2.24) is 5.32 Å².